The lowest BCUT2D eigenvalue weighted by molar-refractivity contribution is -0.151. The van der Waals surface area contributed by atoms with E-state index in [4.69, 9.17) is 5.11 Å². The third-order valence-corrected chi connectivity index (χ3v) is 4.97. The van der Waals surface area contributed by atoms with E-state index >= 15 is 0 Å². The average Bonchev–Trinajstić information content (AvgIpc) is 2.66. The maximum absolute atomic E-state index is 11.8. The third-order valence-electron chi connectivity index (χ3n) is 3.22. The molecule has 0 saturated heterocycles. The third kappa shape index (κ3) is 2.92. The Hall–Kier alpha value is -0.880. The van der Waals surface area contributed by atoms with Gasteiger partial charge in [-0.25, -0.2) is 4.79 Å². The Kier molecular flexibility index (Phi) is 4.07. The van der Waals surface area contributed by atoms with Crippen LogP contribution < -0.4 is 5.32 Å². The number of halogens is 1. The van der Waals surface area contributed by atoms with E-state index in [1.165, 1.54) is 0 Å². The maximum Gasteiger partial charge on any atom is 0.329 e. The summed E-state index contributed by atoms with van der Waals surface area (Å²) in [6.45, 7) is 0. The lowest BCUT2D eigenvalue weighted by Gasteiger charge is -2.38. The second-order valence-electron chi connectivity index (χ2n) is 4.52. The van der Waals surface area contributed by atoms with Crippen LogP contribution in [0.25, 0.3) is 0 Å². The Balaban J connectivity index is 1.83. The fourth-order valence-electron chi connectivity index (χ4n) is 1.97. The molecule has 0 aliphatic heterocycles. The van der Waals surface area contributed by atoms with Crippen molar-refractivity contribution in [2.45, 2.75) is 37.6 Å². The van der Waals surface area contributed by atoms with Crippen LogP contribution in [-0.2, 0) is 16.0 Å². The number of carboxylic acids is 1. The van der Waals surface area contributed by atoms with E-state index in [0.29, 0.717) is 25.7 Å². The van der Waals surface area contributed by atoms with Crippen LogP contribution in [-0.4, -0.2) is 22.5 Å². The number of hydrogen-bond acceptors (Lipinski definition) is 3. The van der Waals surface area contributed by atoms with Crippen LogP contribution in [0.3, 0.4) is 0 Å². The van der Waals surface area contributed by atoms with Crippen molar-refractivity contribution in [3.63, 3.8) is 0 Å². The van der Waals surface area contributed by atoms with Gasteiger partial charge in [0, 0.05) is 21.2 Å². The second-order valence-corrected chi connectivity index (χ2v) is 6.43. The first kappa shape index (κ1) is 13.5. The van der Waals surface area contributed by atoms with Crippen molar-refractivity contribution < 1.29 is 14.7 Å². The molecule has 1 heterocycles. The van der Waals surface area contributed by atoms with Gasteiger partial charge < -0.3 is 10.4 Å². The van der Waals surface area contributed by atoms with Gasteiger partial charge in [-0.2, -0.15) is 0 Å². The number of nitrogens with one attached hydrogen (secondary N) is 1. The predicted molar refractivity (Wildman–Crippen MR) is 72.7 cm³/mol. The van der Waals surface area contributed by atoms with Gasteiger partial charge in [0.1, 0.15) is 5.54 Å². The number of carboxylic acid groups (broad SMARTS) is 1. The van der Waals surface area contributed by atoms with E-state index in [-0.39, 0.29) is 5.91 Å². The van der Waals surface area contributed by atoms with Crippen LogP contribution in [0.2, 0.25) is 0 Å². The minimum atomic E-state index is -0.993. The first-order valence-electron chi connectivity index (χ1n) is 5.79. The van der Waals surface area contributed by atoms with E-state index < -0.39 is 11.5 Å². The summed E-state index contributed by atoms with van der Waals surface area (Å²) in [5.41, 5.74) is -0.993. The van der Waals surface area contributed by atoms with Gasteiger partial charge >= 0.3 is 5.97 Å². The zero-order valence-electron chi connectivity index (χ0n) is 9.74. The Bertz CT molecular complexity index is 468. The van der Waals surface area contributed by atoms with Crippen molar-refractivity contribution in [3.8, 4) is 0 Å². The smallest absolute Gasteiger partial charge is 0.329 e. The monoisotopic (exact) mass is 331 g/mol. The molecule has 0 atom stereocenters. The number of amides is 1. The van der Waals surface area contributed by atoms with Crippen LogP contribution in [0.1, 0.15) is 30.6 Å². The summed E-state index contributed by atoms with van der Waals surface area (Å²) in [5, 5.41) is 13.7. The molecule has 1 amide bonds. The minimum Gasteiger partial charge on any atom is -0.480 e. The lowest BCUT2D eigenvalue weighted by Crippen LogP contribution is -2.59. The Morgan fingerprint density at radius 1 is 1.50 bits per heavy atom. The van der Waals surface area contributed by atoms with Gasteiger partial charge in [-0.3, -0.25) is 4.79 Å². The molecule has 0 spiro atoms. The fraction of sp³-hybridized carbons (Fsp3) is 0.500. The minimum absolute atomic E-state index is 0.179. The number of carbonyl (C=O) groups is 2. The van der Waals surface area contributed by atoms with Gasteiger partial charge in [-0.1, -0.05) is 0 Å². The molecule has 18 heavy (non-hydrogen) atoms. The van der Waals surface area contributed by atoms with Crippen molar-refractivity contribution in [2.24, 2.45) is 0 Å². The molecule has 6 heteroatoms. The van der Waals surface area contributed by atoms with E-state index in [2.05, 4.69) is 21.2 Å². The molecule has 1 saturated carbocycles. The molecule has 1 aliphatic carbocycles. The highest BCUT2D eigenvalue weighted by Gasteiger charge is 2.45. The van der Waals surface area contributed by atoms with Crippen molar-refractivity contribution in [2.75, 3.05) is 0 Å². The number of aryl methyl sites for hydroxylation is 1. The van der Waals surface area contributed by atoms with Gasteiger partial charge in [0.25, 0.3) is 0 Å². The van der Waals surface area contributed by atoms with Crippen LogP contribution in [0.4, 0.5) is 0 Å². The summed E-state index contributed by atoms with van der Waals surface area (Å²) >= 11 is 4.95. The molecule has 1 aromatic heterocycles. The first-order chi connectivity index (χ1) is 8.52. The van der Waals surface area contributed by atoms with Gasteiger partial charge in [0.15, 0.2) is 0 Å². The summed E-state index contributed by atoms with van der Waals surface area (Å²) in [6.07, 6.45) is 2.93. The van der Waals surface area contributed by atoms with E-state index in [9.17, 15) is 9.59 Å². The lowest BCUT2D eigenvalue weighted by atomic mass is 9.76. The standard InChI is InChI=1S/C12H14BrNO3S/c13-8-6-9(18-7-8)2-3-10(15)14-12(11(16)17)4-1-5-12/h6-7H,1-5H2,(H,14,15)(H,16,17). The Morgan fingerprint density at radius 3 is 2.67 bits per heavy atom. The molecular weight excluding hydrogens is 318 g/mol. The molecule has 4 nitrogen and oxygen atoms in total. The fourth-order valence-corrected chi connectivity index (χ4v) is 3.43. The largest absolute Gasteiger partial charge is 0.480 e. The number of carbonyl (C=O) groups excluding carboxylic acids is 1. The predicted octanol–water partition coefficient (Wildman–Crippen LogP) is 2.57. The topological polar surface area (TPSA) is 66.4 Å². The molecule has 2 rings (SSSR count). The summed E-state index contributed by atoms with van der Waals surface area (Å²) in [6, 6.07) is 1.98. The molecule has 2 N–H and O–H groups in total. The molecule has 1 fully saturated rings. The van der Waals surface area contributed by atoms with Crippen molar-refractivity contribution in [1.29, 1.82) is 0 Å². The SMILES string of the molecule is O=C(CCc1cc(Br)cs1)NC1(C(=O)O)CCC1. The quantitative estimate of drug-likeness (QED) is 0.871. The van der Waals surface area contributed by atoms with Crippen molar-refractivity contribution in [1.82, 2.24) is 5.32 Å². The van der Waals surface area contributed by atoms with Crippen LogP contribution >= 0.6 is 27.3 Å². The molecule has 0 aromatic carbocycles. The number of rotatable bonds is 5. The number of thiophene rings is 1. The molecule has 1 aromatic rings. The maximum atomic E-state index is 11.8. The highest BCUT2D eigenvalue weighted by Crippen LogP contribution is 2.32. The Labute approximate surface area is 118 Å². The number of hydrogen-bond donors (Lipinski definition) is 2. The van der Waals surface area contributed by atoms with Crippen LogP contribution in [0.15, 0.2) is 15.9 Å². The van der Waals surface area contributed by atoms with E-state index in [0.717, 1.165) is 15.8 Å². The summed E-state index contributed by atoms with van der Waals surface area (Å²) < 4.78 is 1.02. The molecule has 0 bridgehead atoms. The zero-order valence-corrected chi connectivity index (χ0v) is 12.1. The van der Waals surface area contributed by atoms with Crippen LogP contribution in [0.5, 0.6) is 0 Å². The first-order valence-corrected chi connectivity index (χ1v) is 7.46. The summed E-state index contributed by atoms with van der Waals surface area (Å²) in [5.74, 6) is -1.09. The van der Waals surface area contributed by atoms with E-state index in [1.54, 1.807) is 11.3 Å². The normalized spacial score (nSPS) is 16.9. The molecule has 98 valence electrons. The van der Waals surface area contributed by atoms with Gasteiger partial charge in [0.2, 0.25) is 5.91 Å². The summed E-state index contributed by atoms with van der Waals surface area (Å²) in [7, 11) is 0. The average molecular weight is 332 g/mol. The molecule has 1 aliphatic rings. The van der Waals surface area contributed by atoms with Crippen molar-refractivity contribution >= 4 is 39.1 Å². The molecule has 0 radical (unpaired) electrons. The van der Waals surface area contributed by atoms with Crippen LogP contribution in [0, 0.1) is 0 Å². The number of aliphatic carboxylic acids is 1. The molecular formula is C12H14BrNO3S. The van der Waals surface area contributed by atoms with E-state index in [1.807, 2.05) is 11.4 Å². The summed E-state index contributed by atoms with van der Waals surface area (Å²) in [4.78, 5) is 24.0. The van der Waals surface area contributed by atoms with Gasteiger partial charge in [0.05, 0.1) is 0 Å². The highest BCUT2D eigenvalue weighted by atomic mass is 79.9. The zero-order chi connectivity index (χ0) is 13.2. The molecule has 0 unspecified atom stereocenters. The Morgan fingerprint density at radius 2 is 2.22 bits per heavy atom. The highest BCUT2D eigenvalue weighted by molar-refractivity contribution is 9.10. The van der Waals surface area contributed by atoms with Gasteiger partial charge in [-0.05, 0) is 47.7 Å². The second kappa shape index (κ2) is 5.40. The van der Waals surface area contributed by atoms with Crippen molar-refractivity contribution in [3.05, 3.63) is 20.8 Å². The van der Waals surface area contributed by atoms with Gasteiger partial charge in [-0.15, -0.1) is 11.3 Å².